The highest BCUT2D eigenvalue weighted by molar-refractivity contribution is 7.92. The highest BCUT2D eigenvalue weighted by Crippen LogP contribution is 2.34. The highest BCUT2D eigenvalue weighted by atomic mass is 32.2. The minimum absolute atomic E-state index is 0.239. The third kappa shape index (κ3) is 4.63. The van der Waals surface area contributed by atoms with Crippen molar-refractivity contribution in [1.82, 2.24) is 0 Å². The summed E-state index contributed by atoms with van der Waals surface area (Å²) in [4.78, 5) is 0.306. The summed E-state index contributed by atoms with van der Waals surface area (Å²) < 4.78 is 28.7. The normalized spacial score (nSPS) is 12.0. The molecule has 2 rings (SSSR count). The number of benzene rings is 2. The standard InChI is InChI=1S/C21H29NO2S/c1-6-8-17-11-13-18(14-12-17)25(23,24)22-21-19(15(2)3)9-7-10-20(21)16(4)5/h7,9-16,22H,6,8H2,1-5H3. The van der Waals surface area contributed by atoms with Crippen LogP contribution in [-0.2, 0) is 16.4 Å². The number of nitrogens with one attached hydrogen (secondary N) is 1. The fraction of sp³-hybridized carbons (Fsp3) is 0.429. The van der Waals surface area contributed by atoms with E-state index < -0.39 is 10.0 Å². The first-order valence-corrected chi connectivity index (χ1v) is 10.5. The van der Waals surface area contributed by atoms with Crippen LogP contribution in [0, 0.1) is 0 Å². The van der Waals surface area contributed by atoms with E-state index in [0.717, 1.165) is 35.2 Å². The van der Waals surface area contributed by atoms with E-state index in [9.17, 15) is 8.42 Å². The summed E-state index contributed by atoms with van der Waals surface area (Å²) in [5.74, 6) is 0.478. The molecular formula is C21H29NO2S. The maximum Gasteiger partial charge on any atom is 0.261 e. The number of hydrogen-bond donors (Lipinski definition) is 1. The first kappa shape index (κ1) is 19.5. The van der Waals surface area contributed by atoms with Crippen molar-refractivity contribution < 1.29 is 8.42 Å². The van der Waals surface area contributed by atoms with Crippen molar-refractivity contribution in [3.05, 3.63) is 59.2 Å². The summed E-state index contributed by atoms with van der Waals surface area (Å²) >= 11 is 0. The van der Waals surface area contributed by atoms with Crippen LogP contribution in [0.3, 0.4) is 0 Å². The molecule has 0 saturated carbocycles. The minimum Gasteiger partial charge on any atom is -0.279 e. The zero-order chi connectivity index (χ0) is 18.6. The van der Waals surface area contributed by atoms with Crippen molar-refractivity contribution in [3.8, 4) is 0 Å². The number of sulfonamides is 1. The molecule has 2 aromatic carbocycles. The van der Waals surface area contributed by atoms with Crippen LogP contribution in [0.2, 0.25) is 0 Å². The van der Waals surface area contributed by atoms with Crippen LogP contribution in [0.5, 0.6) is 0 Å². The quantitative estimate of drug-likeness (QED) is 0.690. The number of aryl methyl sites for hydroxylation is 1. The number of rotatable bonds is 7. The lowest BCUT2D eigenvalue weighted by atomic mass is 9.93. The highest BCUT2D eigenvalue weighted by Gasteiger charge is 2.20. The summed E-state index contributed by atoms with van der Waals surface area (Å²) in [6.45, 7) is 10.4. The Morgan fingerprint density at radius 1 is 0.880 bits per heavy atom. The Morgan fingerprint density at radius 2 is 1.40 bits per heavy atom. The molecule has 0 fully saturated rings. The SMILES string of the molecule is CCCc1ccc(S(=O)(=O)Nc2c(C(C)C)cccc2C(C)C)cc1. The van der Waals surface area contributed by atoms with Gasteiger partial charge in [0.25, 0.3) is 10.0 Å². The predicted octanol–water partition coefficient (Wildman–Crippen LogP) is 5.69. The van der Waals surface area contributed by atoms with Gasteiger partial charge in [-0.15, -0.1) is 0 Å². The van der Waals surface area contributed by atoms with Crippen LogP contribution < -0.4 is 4.72 Å². The molecule has 4 heteroatoms. The summed E-state index contributed by atoms with van der Waals surface area (Å²) in [7, 11) is -3.61. The van der Waals surface area contributed by atoms with Crippen LogP contribution in [-0.4, -0.2) is 8.42 Å². The molecule has 0 aliphatic rings. The molecule has 0 heterocycles. The van der Waals surface area contributed by atoms with Crippen molar-refractivity contribution in [2.75, 3.05) is 4.72 Å². The predicted molar refractivity (Wildman–Crippen MR) is 106 cm³/mol. The van der Waals surface area contributed by atoms with Gasteiger partial charge in [-0.1, -0.05) is 71.4 Å². The third-order valence-corrected chi connectivity index (χ3v) is 5.75. The Kier molecular flexibility index (Phi) is 6.28. The van der Waals surface area contributed by atoms with Crippen LogP contribution >= 0.6 is 0 Å². The molecule has 0 unspecified atom stereocenters. The third-order valence-electron chi connectivity index (χ3n) is 4.38. The molecule has 1 N–H and O–H groups in total. The van der Waals surface area contributed by atoms with Crippen molar-refractivity contribution in [2.45, 2.75) is 64.2 Å². The van der Waals surface area contributed by atoms with Crippen molar-refractivity contribution >= 4 is 15.7 Å². The van der Waals surface area contributed by atoms with E-state index in [2.05, 4.69) is 39.3 Å². The van der Waals surface area contributed by atoms with Crippen molar-refractivity contribution in [2.24, 2.45) is 0 Å². The lowest BCUT2D eigenvalue weighted by Crippen LogP contribution is -2.16. The van der Waals surface area contributed by atoms with Gasteiger partial charge in [-0.25, -0.2) is 8.42 Å². The molecule has 3 nitrogen and oxygen atoms in total. The van der Waals surface area contributed by atoms with Gasteiger partial charge in [0.1, 0.15) is 0 Å². The Hall–Kier alpha value is -1.81. The second-order valence-corrected chi connectivity index (χ2v) is 8.80. The number of anilines is 1. The molecule has 25 heavy (non-hydrogen) atoms. The van der Waals surface area contributed by atoms with Gasteiger partial charge >= 0.3 is 0 Å². The van der Waals surface area contributed by atoms with E-state index in [-0.39, 0.29) is 11.8 Å². The molecule has 0 bridgehead atoms. The smallest absolute Gasteiger partial charge is 0.261 e. The maximum absolute atomic E-state index is 12.9. The lowest BCUT2D eigenvalue weighted by Gasteiger charge is -2.21. The minimum atomic E-state index is -3.61. The molecule has 0 aromatic heterocycles. The second-order valence-electron chi connectivity index (χ2n) is 7.12. The van der Waals surface area contributed by atoms with E-state index in [1.54, 1.807) is 12.1 Å². The Labute approximate surface area is 152 Å². The topological polar surface area (TPSA) is 46.2 Å². The van der Waals surface area contributed by atoms with Crippen LogP contribution in [0.4, 0.5) is 5.69 Å². The maximum atomic E-state index is 12.9. The van der Waals surface area contributed by atoms with Gasteiger partial charge in [0.15, 0.2) is 0 Å². The van der Waals surface area contributed by atoms with Gasteiger partial charge in [0.05, 0.1) is 10.6 Å². The average Bonchev–Trinajstić information content (AvgIpc) is 2.55. The van der Waals surface area contributed by atoms with Gasteiger partial charge < -0.3 is 0 Å². The van der Waals surface area contributed by atoms with E-state index in [1.807, 2.05) is 30.3 Å². The van der Waals surface area contributed by atoms with E-state index >= 15 is 0 Å². The zero-order valence-corrected chi connectivity index (χ0v) is 16.7. The van der Waals surface area contributed by atoms with Gasteiger partial charge in [-0.3, -0.25) is 4.72 Å². The first-order chi connectivity index (χ1) is 11.8. The zero-order valence-electron chi connectivity index (χ0n) is 15.8. The summed E-state index contributed by atoms with van der Waals surface area (Å²) in [5.41, 5.74) is 3.94. The van der Waals surface area contributed by atoms with Gasteiger partial charge in [0, 0.05) is 0 Å². The second kappa shape index (κ2) is 8.05. The molecule has 0 aliphatic carbocycles. The van der Waals surface area contributed by atoms with E-state index in [1.165, 1.54) is 0 Å². The Bertz CT molecular complexity index is 780. The molecule has 2 aromatic rings. The Balaban J connectivity index is 2.43. The molecule has 136 valence electrons. The van der Waals surface area contributed by atoms with Crippen molar-refractivity contribution in [1.29, 1.82) is 0 Å². The summed E-state index contributed by atoms with van der Waals surface area (Å²) in [6, 6.07) is 13.2. The van der Waals surface area contributed by atoms with Crippen LogP contribution in [0.1, 0.15) is 69.6 Å². The number of para-hydroxylation sites is 1. The van der Waals surface area contributed by atoms with Gasteiger partial charge in [-0.2, -0.15) is 0 Å². The fourth-order valence-corrected chi connectivity index (χ4v) is 4.10. The van der Waals surface area contributed by atoms with Crippen LogP contribution in [0.25, 0.3) is 0 Å². The fourth-order valence-electron chi connectivity index (χ4n) is 2.99. The lowest BCUT2D eigenvalue weighted by molar-refractivity contribution is 0.601. The monoisotopic (exact) mass is 359 g/mol. The van der Waals surface area contributed by atoms with Crippen LogP contribution in [0.15, 0.2) is 47.4 Å². The Morgan fingerprint density at radius 3 is 1.84 bits per heavy atom. The molecule has 0 amide bonds. The number of hydrogen-bond acceptors (Lipinski definition) is 2. The first-order valence-electron chi connectivity index (χ1n) is 9.00. The van der Waals surface area contributed by atoms with E-state index in [0.29, 0.717) is 4.90 Å². The molecule has 0 aliphatic heterocycles. The van der Waals surface area contributed by atoms with E-state index in [4.69, 9.17) is 0 Å². The molecule has 0 radical (unpaired) electrons. The molecule has 0 atom stereocenters. The molecule has 0 spiro atoms. The average molecular weight is 360 g/mol. The van der Waals surface area contributed by atoms with Gasteiger partial charge in [-0.05, 0) is 47.1 Å². The summed E-state index contributed by atoms with van der Waals surface area (Å²) in [6.07, 6.45) is 2.01. The molecular weight excluding hydrogens is 330 g/mol. The summed E-state index contributed by atoms with van der Waals surface area (Å²) in [5, 5.41) is 0. The molecule has 0 saturated heterocycles. The van der Waals surface area contributed by atoms with Crippen molar-refractivity contribution in [3.63, 3.8) is 0 Å². The largest absolute Gasteiger partial charge is 0.279 e. The van der Waals surface area contributed by atoms with Gasteiger partial charge in [0.2, 0.25) is 0 Å².